The molecule has 1 N–H and O–H groups in total. The highest BCUT2D eigenvalue weighted by Crippen LogP contribution is 2.11. The van der Waals surface area contributed by atoms with Crippen LogP contribution in [-0.2, 0) is 13.6 Å². The van der Waals surface area contributed by atoms with E-state index in [4.69, 9.17) is 5.11 Å². The average Bonchev–Trinajstić information content (AvgIpc) is 2.76. The quantitative estimate of drug-likeness (QED) is 0.585. The fraction of sp³-hybridized carbons (Fsp3) is 0.455. The summed E-state index contributed by atoms with van der Waals surface area (Å²) < 4.78 is 2.98. The van der Waals surface area contributed by atoms with Gasteiger partial charge in [-0.2, -0.15) is 4.98 Å². The molecule has 0 radical (unpaired) electrons. The van der Waals surface area contributed by atoms with Crippen LogP contribution >= 0.6 is 0 Å². The molecule has 0 aromatic carbocycles. The van der Waals surface area contributed by atoms with Gasteiger partial charge in [0.1, 0.15) is 0 Å². The summed E-state index contributed by atoms with van der Waals surface area (Å²) in [6, 6.07) is 0. The first kappa shape index (κ1) is 13.2. The van der Waals surface area contributed by atoms with Crippen LogP contribution in [0.1, 0.15) is 0 Å². The van der Waals surface area contributed by atoms with Crippen LogP contribution in [0.25, 0.3) is 11.2 Å². The van der Waals surface area contributed by atoms with Crippen LogP contribution in [-0.4, -0.2) is 56.1 Å². The topological polar surface area (TPSA) is 88.5 Å². The van der Waals surface area contributed by atoms with Gasteiger partial charge in [-0.25, -0.2) is 9.98 Å². The van der Waals surface area contributed by atoms with Crippen LogP contribution in [0.5, 0.6) is 0 Å². The van der Waals surface area contributed by atoms with E-state index in [1.807, 2.05) is 14.1 Å². The van der Waals surface area contributed by atoms with E-state index in [1.165, 1.54) is 10.9 Å². The second kappa shape index (κ2) is 5.19. The predicted molar refractivity (Wildman–Crippen MR) is 71.7 cm³/mol. The van der Waals surface area contributed by atoms with Crippen molar-refractivity contribution in [2.45, 2.75) is 6.54 Å². The summed E-state index contributed by atoms with van der Waals surface area (Å²) in [4.78, 5) is 26.3. The second-order valence-corrected chi connectivity index (χ2v) is 4.32. The van der Waals surface area contributed by atoms with Gasteiger partial charge in [-0.1, -0.05) is 0 Å². The number of nitrogens with zero attached hydrogens (tertiary/aromatic N) is 6. The lowest BCUT2D eigenvalue weighted by Crippen LogP contribution is -2.19. The molecule has 0 aliphatic carbocycles. The molecule has 0 fully saturated rings. The molecule has 0 bridgehead atoms. The fourth-order valence-corrected chi connectivity index (χ4v) is 1.62. The Morgan fingerprint density at radius 1 is 1.53 bits per heavy atom. The van der Waals surface area contributed by atoms with Crippen molar-refractivity contribution in [1.82, 2.24) is 24.0 Å². The highest BCUT2D eigenvalue weighted by molar-refractivity contribution is 5.71. The number of hydrogen-bond donors (Lipinski definition) is 1. The minimum absolute atomic E-state index is 0.0430. The number of aliphatic hydroxyl groups is 1. The van der Waals surface area contributed by atoms with Gasteiger partial charge in [-0.15, -0.1) is 0 Å². The first-order valence-corrected chi connectivity index (χ1v) is 5.78. The van der Waals surface area contributed by atoms with Crippen LogP contribution in [0.3, 0.4) is 0 Å². The molecular formula is C11H16N6O2. The lowest BCUT2D eigenvalue weighted by Gasteiger charge is -2.06. The van der Waals surface area contributed by atoms with Crippen LogP contribution in [0, 0.1) is 0 Å². The predicted octanol–water partition coefficient (Wildman–Crippen LogP) is -0.656. The highest BCUT2D eigenvalue weighted by Gasteiger charge is 2.12. The van der Waals surface area contributed by atoms with Crippen molar-refractivity contribution in [3.05, 3.63) is 16.7 Å². The van der Waals surface area contributed by atoms with Crippen molar-refractivity contribution in [2.24, 2.45) is 12.0 Å². The summed E-state index contributed by atoms with van der Waals surface area (Å²) in [5, 5.41) is 8.97. The zero-order valence-electron chi connectivity index (χ0n) is 11.1. The minimum atomic E-state index is -0.257. The molecule has 19 heavy (non-hydrogen) atoms. The van der Waals surface area contributed by atoms with Gasteiger partial charge in [0.2, 0.25) is 5.95 Å². The molecule has 0 atom stereocenters. The zero-order chi connectivity index (χ0) is 14.0. The third kappa shape index (κ3) is 2.48. The summed E-state index contributed by atoms with van der Waals surface area (Å²) in [6.07, 6.45) is 3.06. The first-order valence-electron chi connectivity index (χ1n) is 5.78. The Balaban J connectivity index is 2.62. The number of aromatic nitrogens is 4. The molecule has 2 aromatic rings. The maximum atomic E-state index is 12.1. The normalized spacial score (nSPS) is 11.6. The zero-order valence-corrected chi connectivity index (χ0v) is 11.1. The van der Waals surface area contributed by atoms with Gasteiger partial charge in [0.25, 0.3) is 5.56 Å². The van der Waals surface area contributed by atoms with Crippen LogP contribution in [0.2, 0.25) is 0 Å². The molecule has 2 rings (SSSR count). The number of rotatable bonds is 4. The van der Waals surface area contributed by atoms with E-state index in [0.29, 0.717) is 18.1 Å². The van der Waals surface area contributed by atoms with Gasteiger partial charge in [-0.3, -0.25) is 9.36 Å². The number of hydrogen-bond acceptors (Lipinski definition) is 5. The van der Waals surface area contributed by atoms with Crippen molar-refractivity contribution >= 4 is 23.5 Å². The van der Waals surface area contributed by atoms with E-state index in [1.54, 1.807) is 22.9 Å². The third-order valence-corrected chi connectivity index (χ3v) is 2.57. The SMILES string of the molecule is CN(C)/C=N/c1nc2c(ncn2CCO)c(=O)n1C. The van der Waals surface area contributed by atoms with Crippen LogP contribution in [0.15, 0.2) is 16.1 Å². The molecule has 2 heterocycles. The van der Waals surface area contributed by atoms with Crippen molar-refractivity contribution in [3.63, 3.8) is 0 Å². The van der Waals surface area contributed by atoms with Crippen LogP contribution in [0.4, 0.5) is 5.95 Å². The molecule has 0 amide bonds. The van der Waals surface area contributed by atoms with E-state index in [2.05, 4.69) is 15.0 Å². The van der Waals surface area contributed by atoms with E-state index in [9.17, 15) is 4.79 Å². The molecular weight excluding hydrogens is 248 g/mol. The third-order valence-electron chi connectivity index (χ3n) is 2.57. The molecule has 8 nitrogen and oxygen atoms in total. The van der Waals surface area contributed by atoms with E-state index >= 15 is 0 Å². The lowest BCUT2D eigenvalue weighted by molar-refractivity contribution is 0.277. The second-order valence-electron chi connectivity index (χ2n) is 4.32. The van der Waals surface area contributed by atoms with Gasteiger partial charge in [-0.05, 0) is 0 Å². The van der Waals surface area contributed by atoms with E-state index < -0.39 is 0 Å². The number of fused-ring (bicyclic) bond motifs is 1. The first-order chi connectivity index (χ1) is 9.04. The number of imidazole rings is 1. The molecule has 0 aliphatic heterocycles. The standard InChI is InChI=1S/C11H16N6O2/c1-15(2)6-13-11-14-9-8(10(19)16(11)3)12-7-17(9)4-5-18/h6-7,18H,4-5H2,1-3H3/b13-6+. The molecule has 0 saturated carbocycles. The smallest absolute Gasteiger partial charge is 0.282 e. The summed E-state index contributed by atoms with van der Waals surface area (Å²) in [5.41, 5.74) is 0.454. The van der Waals surface area contributed by atoms with Gasteiger partial charge >= 0.3 is 0 Å². The van der Waals surface area contributed by atoms with Gasteiger partial charge < -0.3 is 14.6 Å². The molecule has 2 aromatic heterocycles. The Kier molecular flexibility index (Phi) is 3.61. The van der Waals surface area contributed by atoms with Gasteiger partial charge in [0, 0.05) is 27.7 Å². The number of aliphatic hydroxyl groups excluding tert-OH is 1. The molecule has 0 saturated heterocycles. The maximum Gasteiger partial charge on any atom is 0.282 e. The molecule has 0 unspecified atom stereocenters. The van der Waals surface area contributed by atoms with Gasteiger partial charge in [0.15, 0.2) is 11.2 Å². The molecule has 8 heteroatoms. The fourth-order valence-electron chi connectivity index (χ4n) is 1.62. The Morgan fingerprint density at radius 3 is 2.89 bits per heavy atom. The maximum absolute atomic E-state index is 12.1. The summed E-state index contributed by atoms with van der Waals surface area (Å²) in [5.74, 6) is 0.297. The molecule has 0 spiro atoms. The van der Waals surface area contributed by atoms with Crippen molar-refractivity contribution in [2.75, 3.05) is 20.7 Å². The summed E-state index contributed by atoms with van der Waals surface area (Å²) >= 11 is 0. The van der Waals surface area contributed by atoms with Gasteiger partial charge in [0.05, 0.1) is 19.3 Å². The lowest BCUT2D eigenvalue weighted by atomic mass is 10.5. The molecule has 102 valence electrons. The van der Waals surface area contributed by atoms with Crippen LogP contribution < -0.4 is 5.56 Å². The Bertz CT molecular complexity index is 670. The van der Waals surface area contributed by atoms with Crippen molar-refractivity contribution in [3.8, 4) is 0 Å². The largest absolute Gasteiger partial charge is 0.395 e. The van der Waals surface area contributed by atoms with Crippen molar-refractivity contribution < 1.29 is 5.11 Å². The number of aliphatic imine (C=N–C) groups is 1. The minimum Gasteiger partial charge on any atom is -0.395 e. The summed E-state index contributed by atoms with van der Waals surface area (Å²) in [6.45, 7) is 0.298. The highest BCUT2D eigenvalue weighted by atomic mass is 16.3. The van der Waals surface area contributed by atoms with E-state index in [-0.39, 0.29) is 17.7 Å². The monoisotopic (exact) mass is 264 g/mol. The Hall–Kier alpha value is -2.22. The molecule has 0 aliphatic rings. The average molecular weight is 264 g/mol. The van der Waals surface area contributed by atoms with E-state index in [0.717, 1.165) is 0 Å². The Morgan fingerprint density at radius 2 is 2.26 bits per heavy atom. The summed E-state index contributed by atoms with van der Waals surface area (Å²) in [7, 11) is 5.26. The van der Waals surface area contributed by atoms with Crippen molar-refractivity contribution in [1.29, 1.82) is 0 Å². The Labute approximate surface area is 109 Å².